The van der Waals surface area contributed by atoms with Gasteiger partial charge in [-0.3, -0.25) is 0 Å². The van der Waals surface area contributed by atoms with E-state index in [0.717, 1.165) is 6.29 Å². The van der Waals surface area contributed by atoms with Crippen LogP contribution in [0.5, 0.6) is 0 Å². The lowest BCUT2D eigenvalue weighted by Gasteiger charge is -2.18. The van der Waals surface area contributed by atoms with E-state index < -0.39 is 0 Å². The van der Waals surface area contributed by atoms with Gasteiger partial charge in [-0.2, -0.15) is 0 Å². The van der Waals surface area contributed by atoms with E-state index >= 15 is 0 Å². The first-order valence-electron chi connectivity index (χ1n) is 1.83. The molecule has 0 aliphatic carbocycles. The highest BCUT2D eigenvalue weighted by atomic mass is 16.5. The molecule has 1 rings (SSSR count). The fourth-order valence-corrected chi connectivity index (χ4v) is 0.302. The number of hydrogen-bond acceptors (Lipinski definition) is 2. The fraction of sp³-hybridized carbons (Fsp3) is 0.500. The molecule has 0 aromatic carbocycles. The Hall–Kier alpha value is -0.370. The first-order valence-corrected chi connectivity index (χ1v) is 1.83. The van der Waals surface area contributed by atoms with E-state index in [2.05, 4.69) is 4.74 Å². The summed E-state index contributed by atoms with van der Waals surface area (Å²) in [6.45, 7) is 0.642. The smallest absolute Gasteiger partial charge is 0.149 e. The minimum atomic E-state index is -0.190. The van der Waals surface area contributed by atoms with Crippen LogP contribution in [0, 0.1) is 6.42 Å². The van der Waals surface area contributed by atoms with Crippen molar-refractivity contribution in [1.82, 2.24) is 0 Å². The highest BCUT2D eigenvalue weighted by Crippen LogP contribution is 2.04. The third-order valence-corrected chi connectivity index (χ3v) is 0.751. The molecule has 0 N–H and O–H groups in total. The van der Waals surface area contributed by atoms with E-state index in [4.69, 9.17) is 0 Å². The molecular formula is C4H5O2. The maximum Gasteiger partial charge on any atom is 0.149 e. The number of carbonyl (C=O) groups is 1. The summed E-state index contributed by atoms with van der Waals surface area (Å²) in [5.74, 6) is 0. The number of ether oxygens (including phenoxy) is 1. The zero-order valence-corrected chi connectivity index (χ0v) is 3.26. The highest BCUT2D eigenvalue weighted by Gasteiger charge is 2.15. The van der Waals surface area contributed by atoms with E-state index in [1.54, 1.807) is 0 Å². The topological polar surface area (TPSA) is 26.3 Å². The van der Waals surface area contributed by atoms with Gasteiger partial charge in [0.25, 0.3) is 0 Å². The van der Waals surface area contributed by atoms with E-state index in [-0.39, 0.29) is 6.10 Å². The molecular weight excluding hydrogens is 80.0 g/mol. The second kappa shape index (κ2) is 1.39. The molecule has 1 unspecified atom stereocenters. The standard InChI is InChI=1S/C4H5O2/c5-3-4-1-2-6-4/h1,3-4H,2H2. The van der Waals surface area contributed by atoms with Gasteiger partial charge in [-0.1, -0.05) is 0 Å². The molecule has 0 aromatic rings. The van der Waals surface area contributed by atoms with Crippen molar-refractivity contribution in [2.24, 2.45) is 0 Å². The molecule has 1 fully saturated rings. The molecule has 1 aliphatic rings. The molecule has 1 aliphatic heterocycles. The molecule has 6 heavy (non-hydrogen) atoms. The summed E-state index contributed by atoms with van der Waals surface area (Å²) >= 11 is 0. The van der Waals surface area contributed by atoms with E-state index in [9.17, 15) is 4.79 Å². The van der Waals surface area contributed by atoms with Gasteiger partial charge in [-0.05, 0) is 0 Å². The zero-order chi connectivity index (χ0) is 4.41. The van der Waals surface area contributed by atoms with Crippen molar-refractivity contribution in [2.45, 2.75) is 6.10 Å². The molecule has 0 bridgehead atoms. The molecule has 0 amide bonds. The molecule has 33 valence electrons. The first-order chi connectivity index (χ1) is 2.93. The molecule has 0 saturated carbocycles. The van der Waals surface area contributed by atoms with E-state index in [1.165, 1.54) is 0 Å². The Balaban J connectivity index is 2.16. The van der Waals surface area contributed by atoms with Gasteiger partial charge in [0.05, 0.1) is 6.61 Å². The van der Waals surface area contributed by atoms with Crippen molar-refractivity contribution in [3.05, 3.63) is 6.42 Å². The van der Waals surface area contributed by atoms with Gasteiger partial charge in [0.1, 0.15) is 12.4 Å². The van der Waals surface area contributed by atoms with Crippen LogP contribution in [0.25, 0.3) is 0 Å². The monoisotopic (exact) mass is 85.0 g/mol. The van der Waals surface area contributed by atoms with Gasteiger partial charge in [-0.25, -0.2) is 0 Å². The molecule has 0 aromatic heterocycles. The van der Waals surface area contributed by atoms with Gasteiger partial charge in [0, 0.05) is 6.42 Å². The fourth-order valence-electron chi connectivity index (χ4n) is 0.302. The van der Waals surface area contributed by atoms with Crippen molar-refractivity contribution in [2.75, 3.05) is 6.61 Å². The Morgan fingerprint density at radius 2 is 2.67 bits per heavy atom. The maximum absolute atomic E-state index is 9.63. The lowest BCUT2D eigenvalue weighted by Crippen LogP contribution is -2.28. The van der Waals surface area contributed by atoms with Gasteiger partial charge < -0.3 is 9.53 Å². The van der Waals surface area contributed by atoms with Gasteiger partial charge in [-0.15, -0.1) is 0 Å². The quantitative estimate of drug-likeness (QED) is 0.412. The molecule has 1 atom stereocenters. The molecule has 1 saturated heterocycles. The lowest BCUT2D eigenvalue weighted by atomic mass is 10.2. The Morgan fingerprint density at radius 1 is 2.00 bits per heavy atom. The lowest BCUT2D eigenvalue weighted by molar-refractivity contribution is -0.121. The summed E-state index contributed by atoms with van der Waals surface area (Å²) in [4.78, 5) is 9.63. The average molecular weight is 85.1 g/mol. The zero-order valence-electron chi connectivity index (χ0n) is 3.26. The number of hydrogen-bond donors (Lipinski definition) is 0. The van der Waals surface area contributed by atoms with Crippen LogP contribution in [-0.2, 0) is 9.53 Å². The molecule has 1 heterocycles. The molecule has 2 heteroatoms. The minimum absolute atomic E-state index is 0.190. The van der Waals surface area contributed by atoms with Crippen LogP contribution in [0.2, 0.25) is 0 Å². The van der Waals surface area contributed by atoms with Crippen molar-refractivity contribution >= 4 is 6.29 Å². The predicted molar refractivity (Wildman–Crippen MR) is 20.1 cm³/mol. The highest BCUT2D eigenvalue weighted by molar-refractivity contribution is 5.59. The van der Waals surface area contributed by atoms with E-state index in [0.29, 0.717) is 6.61 Å². The average Bonchev–Trinajstić information content (AvgIpc) is 1.31. The molecule has 1 radical (unpaired) electrons. The summed E-state index contributed by atoms with van der Waals surface area (Å²) in [5, 5.41) is 0. The second-order valence-corrected chi connectivity index (χ2v) is 1.17. The number of rotatable bonds is 1. The number of carbonyl (C=O) groups excluding carboxylic acids is 1. The van der Waals surface area contributed by atoms with Crippen LogP contribution in [0.1, 0.15) is 0 Å². The Morgan fingerprint density at radius 3 is 2.67 bits per heavy atom. The van der Waals surface area contributed by atoms with Gasteiger partial charge >= 0.3 is 0 Å². The van der Waals surface area contributed by atoms with E-state index in [1.807, 2.05) is 6.42 Å². The summed E-state index contributed by atoms with van der Waals surface area (Å²) in [6, 6.07) is 0. The molecule has 2 nitrogen and oxygen atoms in total. The van der Waals surface area contributed by atoms with Crippen LogP contribution in [0.4, 0.5) is 0 Å². The Labute approximate surface area is 36.1 Å². The third kappa shape index (κ3) is 0.431. The van der Waals surface area contributed by atoms with Crippen molar-refractivity contribution < 1.29 is 9.53 Å². The van der Waals surface area contributed by atoms with Crippen LogP contribution in [0.3, 0.4) is 0 Å². The number of aldehydes is 1. The van der Waals surface area contributed by atoms with Crippen molar-refractivity contribution in [1.29, 1.82) is 0 Å². The second-order valence-electron chi connectivity index (χ2n) is 1.17. The minimum Gasteiger partial charge on any atom is -0.370 e. The van der Waals surface area contributed by atoms with Gasteiger partial charge in [0.15, 0.2) is 0 Å². The van der Waals surface area contributed by atoms with Crippen molar-refractivity contribution in [3.63, 3.8) is 0 Å². The summed E-state index contributed by atoms with van der Waals surface area (Å²) < 4.78 is 4.66. The van der Waals surface area contributed by atoms with Crippen LogP contribution >= 0.6 is 0 Å². The normalized spacial score (nSPS) is 31.7. The van der Waals surface area contributed by atoms with Crippen LogP contribution in [-0.4, -0.2) is 19.0 Å². The Kier molecular flexibility index (Phi) is 0.881. The summed E-state index contributed by atoms with van der Waals surface area (Å²) in [5.41, 5.74) is 0. The Bertz CT molecular complexity index is 56.6. The summed E-state index contributed by atoms with van der Waals surface area (Å²) in [6.07, 6.45) is 2.40. The predicted octanol–water partition coefficient (Wildman–Crippen LogP) is -0.212. The largest absolute Gasteiger partial charge is 0.370 e. The maximum atomic E-state index is 9.63. The third-order valence-electron chi connectivity index (χ3n) is 0.751. The van der Waals surface area contributed by atoms with Crippen molar-refractivity contribution in [3.8, 4) is 0 Å². The SMILES string of the molecule is O=CC1[CH]CO1. The van der Waals surface area contributed by atoms with Crippen LogP contribution < -0.4 is 0 Å². The van der Waals surface area contributed by atoms with Gasteiger partial charge in [0.2, 0.25) is 0 Å². The molecule has 0 spiro atoms. The van der Waals surface area contributed by atoms with Crippen LogP contribution in [0.15, 0.2) is 0 Å². The first kappa shape index (κ1) is 3.81. The summed E-state index contributed by atoms with van der Waals surface area (Å²) in [7, 11) is 0.